The summed E-state index contributed by atoms with van der Waals surface area (Å²) in [7, 11) is 1.68. The van der Waals surface area contributed by atoms with E-state index in [-0.39, 0.29) is 47.3 Å². The topological polar surface area (TPSA) is 169 Å². The number of carbonyl (C=O) groups excluding carboxylic acids is 3. The third-order valence-corrected chi connectivity index (χ3v) is 10.5. The average molecular weight is 739 g/mol. The molecule has 1 fully saturated rings. The molecule has 1 unspecified atom stereocenters. The van der Waals surface area contributed by atoms with Crippen molar-refractivity contribution >= 4 is 41.1 Å². The van der Waals surface area contributed by atoms with E-state index < -0.39 is 18.1 Å². The van der Waals surface area contributed by atoms with Crippen LogP contribution in [-0.4, -0.2) is 84.0 Å². The number of hydrogen-bond acceptors (Lipinski definition) is 9. The Kier molecular flexibility index (Phi) is 12.1. The zero-order valence-corrected chi connectivity index (χ0v) is 30.9. The molecule has 3 amide bonds. The summed E-state index contributed by atoms with van der Waals surface area (Å²) in [6.45, 7) is 5.57. The van der Waals surface area contributed by atoms with Crippen LogP contribution < -0.4 is 22.1 Å². The number of fused-ring (bicyclic) bond motifs is 3. The first-order valence-electron chi connectivity index (χ1n) is 18.1. The molecule has 1 aromatic heterocycles. The Balaban J connectivity index is 0.943. The molecule has 53 heavy (non-hydrogen) atoms. The van der Waals surface area contributed by atoms with Gasteiger partial charge in [0.05, 0.1) is 0 Å². The third-order valence-electron chi connectivity index (χ3n) is 10.2. The minimum atomic E-state index is -0.472. The summed E-state index contributed by atoms with van der Waals surface area (Å²) in [5.74, 6) is -0.0293. The number of nitrogens with zero attached hydrogens (tertiary/aromatic N) is 4. The number of nitrogens with two attached hydrogens (primary N) is 2. The fourth-order valence-electron chi connectivity index (χ4n) is 7.11. The molecule has 2 aliphatic rings. The Morgan fingerprint density at radius 3 is 2.25 bits per heavy atom. The third kappa shape index (κ3) is 9.06. The molecule has 2 heterocycles. The Morgan fingerprint density at radius 1 is 0.925 bits per heavy atom. The van der Waals surface area contributed by atoms with Gasteiger partial charge in [0.15, 0.2) is 28.6 Å². The molecule has 6 N–H and O–H groups in total. The number of aryl methyl sites for hydroxylation is 1. The van der Waals surface area contributed by atoms with Crippen molar-refractivity contribution in [3.63, 3.8) is 0 Å². The quantitative estimate of drug-likeness (QED) is 0.143. The molecule has 1 aliphatic heterocycles. The minimum absolute atomic E-state index is 0.0272. The van der Waals surface area contributed by atoms with Crippen LogP contribution in [0.2, 0.25) is 5.15 Å². The summed E-state index contributed by atoms with van der Waals surface area (Å²) in [6, 6.07) is 24.2. The zero-order chi connectivity index (χ0) is 37.5. The summed E-state index contributed by atoms with van der Waals surface area (Å²) in [6.07, 6.45) is 1.84. The highest BCUT2D eigenvalue weighted by atomic mass is 35.5. The van der Waals surface area contributed by atoms with Crippen molar-refractivity contribution in [2.24, 2.45) is 11.8 Å². The number of piperidine rings is 1. The first kappa shape index (κ1) is 37.6. The second-order valence-corrected chi connectivity index (χ2v) is 14.3. The number of halogens is 1. The van der Waals surface area contributed by atoms with Gasteiger partial charge in [-0.3, -0.25) is 9.59 Å². The SMILES string of the molecule is Cc1ccccc1CC(CNCC1CCN(C(=O)CCN(C)C(=O)OC2c3ccccc3-c3ccccc32)CC1)CNC(=O)c1nc(Cl)c(N)nc1N. The van der Waals surface area contributed by atoms with Crippen LogP contribution in [0.4, 0.5) is 16.4 Å². The lowest BCUT2D eigenvalue weighted by atomic mass is 9.94. The van der Waals surface area contributed by atoms with Gasteiger partial charge in [-0.1, -0.05) is 84.4 Å². The molecule has 4 aromatic rings. The predicted octanol–water partition coefficient (Wildman–Crippen LogP) is 5.25. The molecule has 0 radical (unpaired) electrons. The Morgan fingerprint density at radius 2 is 1.57 bits per heavy atom. The summed E-state index contributed by atoms with van der Waals surface area (Å²) < 4.78 is 5.99. The predicted molar refractivity (Wildman–Crippen MR) is 206 cm³/mol. The number of nitrogens with one attached hydrogen (secondary N) is 2. The van der Waals surface area contributed by atoms with Gasteiger partial charge in [-0.25, -0.2) is 14.8 Å². The summed E-state index contributed by atoms with van der Waals surface area (Å²) in [5.41, 5.74) is 18.0. The van der Waals surface area contributed by atoms with Gasteiger partial charge >= 0.3 is 6.09 Å². The molecule has 6 rings (SSSR count). The molecule has 0 bridgehead atoms. The highest BCUT2D eigenvalue weighted by Gasteiger charge is 2.32. The van der Waals surface area contributed by atoms with E-state index in [0.717, 1.165) is 48.1 Å². The first-order chi connectivity index (χ1) is 25.6. The van der Waals surface area contributed by atoms with Crippen molar-refractivity contribution in [1.82, 2.24) is 30.4 Å². The maximum absolute atomic E-state index is 13.2. The molecule has 3 aromatic carbocycles. The van der Waals surface area contributed by atoms with Gasteiger partial charge in [0, 0.05) is 50.8 Å². The van der Waals surface area contributed by atoms with E-state index in [1.54, 1.807) is 7.05 Å². The van der Waals surface area contributed by atoms with Gasteiger partial charge in [0.25, 0.3) is 5.91 Å². The standard InChI is InChI=1S/C40H47ClN8O4/c1-25-9-3-4-10-28(25)21-27(24-45-39(51)34-37(42)47-38(43)36(41)46-34)23-44-22-26-15-19-49(20-16-26)33(50)17-18-48(2)40(52)53-35-31-13-7-5-11-29(31)30-12-6-8-14-32(30)35/h3-14,26-27,35,44H,15-24H2,1-2H3,(H,45,51)(H4,42,43,47). The number of anilines is 2. The fourth-order valence-corrected chi connectivity index (χ4v) is 7.24. The monoisotopic (exact) mass is 738 g/mol. The van der Waals surface area contributed by atoms with Gasteiger partial charge < -0.3 is 36.6 Å². The van der Waals surface area contributed by atoms with Gasteiger partial charge in [0.2, 0.25) is 5.91 Å². The van der Waals surface area contributed by atoms with Crippen LogP contribution in [0.1, 0.15) is 58.1 Å². The molecule has 12 nitrogen and oxygen atoms in total. The van der Waals surface area contributed by atoms with Crippen LogP contribution in [0.15, 0.2) is 72.8 Å². The van der Waals surface area contributed by atoms with E-state index in [9.17, 15) is 14.4 Å². The summed E-state index contributed by atoms with van der Waals surface area (Å²) in [4.78, 5) is 50.6. The number of aromatic nitrogens is 2. The Bertz CT molecular complexity index is 1900. The lowest BCUT2D eigenvalue weighted by Crippen LogP contribution is -2.43. The summed E-state index contributed by atoms with van der Waals surface area (Å²) >= 11 is 5.99. The number of rotatable bonds is 13. The highest BCUT2D eigenvalue weighted by Crippen LogP contribution is 2.45. The zero-order valence-electron chi connectivity index (χ0n) is 30.2. The second kappa shape index (κ2) is 17.1. The number of hydrogen-bond donors (Lipinski definition) is 4. The largest absolute Gasteiger partial charge is 0.436 e. The number of ether oxygens (including phenoxy) is 1. The number of benzene rings is 3. The molecule has 0 spiro atoms. The number of likely N-dealkylation sites (tertiary alicyclic amines) is 1. The lowest BCUT2D eigenvalue weighted by Gasteiger charge is -2.33. The molecule has 1 atom stereocenters. The van der Waals surface area contributed by atoms with E-state index in [1.165, 1.54) is 16.0 Å². The van der Waals surface area contributed by atoms with Crippen LogP contribution in [0.3, 0.4) is 0 Å². The van der Waals surface area contributed by atoms with Crippen molar-refractivity contribution < 1.29 is 19.1 Å². The Labute approximate surface area is 315 Å². The molecule has 1 saturated heterocycles. The van der Waals surface area contributed by atoms with Gasteiger partial charge in [-0.2, -0.15) is 0 Å². The first-order valence-corrected chi connectivity index (χ1v) is 18.5. The van der Waals surface area contributed by atoms with Gasteiger partial charge in [-0.05, 0) is 73.4 Å². The van der Waals surface area contributed by atoms with E-state index in [1.807, 2.05) is 65.6 Å². The normalized spacial score (nSPS) is 14.7. The molecular formula is C40H47ClN8O4. The Hall–Kier alpha value is -5.20. The summed E-state index contributed by atoms with van der Waals surface area (Å²) in [5, 5.41) is 6.50. The van der Waals surface area contributed by atoms with E-state index >= 15 is 0 Å². The van der Waals surface area contributed by atoms with Crippen LogP contribution >= 0.6 is 11.6 Å². The van der Waals surface area contributed by atoms with Crippen LogP contribution in [0.25, 0.3) is 11.1 Å². The molecule has 0 saturated carbocycles. The van der Waals surface area contributed by atoms with E-state index in [0.29, 0.717) is 32.1 Å². The average Bonchev–Trinajstić information content (AvgIpc) is 3.48. The van der Waals surface area contributed by atoms with Crippen molar-refractivity contribution in [3.05, 3.63) is 106 Å². The number of amides is 3. The second-order valence-electron chi connectivity index (χ2n) is 13.9. The van der Waals surface area contributed by atoms with Crippen molar-refractivity contribution in [3.8, 4) is 11.1 Å². The van der Waals surface area contributed by atoms with Gasteiger partial charge in [0.1, 0.15) is 0 Å². The maximum Gasteiger partial charge on any atom is 0.410 e. The van der Waals surface area contributed by atoms with E-state index in [2.05, 4.69) is 39.7 Å². The van der Waals surface area contributed by atoms with Gasteiger partial charge in [-0.15, -0.1) is 0 Å². The van der Waals surface area contributed by atoms with Crippen molar-refractivity contribution in [2.75, 3.05) is 57.8 Å². The highest BCUT2D eigenvalue weighted by molar-refractivity contribution is 6.31. The molecule has 278 valence electrons. The van der Waals surface area contributed by atoms with Crippen LogP contribution in [0.5, 0.6) is 0 Å². The smallest absolute Gasteiger partial charge is 0.410 e. The lowest BCUT2D eigenvalue weighted by molar-refractivity contribution is -0.132. The molecule has 1 aliphatic carbocycles. The van der Waals surface area contributed by atoms with Crippen LogP contribution in [-0.2, 0) is 16.0 Å². The minimum Gasteiger partial charge on any atom is -0.436 e. The fraction of sp³-hybridized carbons (Fsp3) is 0.375. The maximum atomic E-state index is 13.2. The van der Waals surface area contributed by atoms with E-state index in [4.69, 9.17) is 27.8 Å². The van der Waals surface area contributed by atoms with Crippen molar-refractivity contribution in [1.29, 1.82) is 0 Å². The molecular weight excluding hydrogens is 692 g/mol. The number of nitrogen functional groups attached to an aromatic ring is 2. The molecule has 13 heteroatoms. The van der Waals surface area contributed by atoms with Crippen LogP contribution in [0, 0.1) is 18.8 Å². The number of carbonyl (C=O) groups is 3. The van der Waals surface area contributed by atoms with Crippen molar-refractivity contribution in [2.45, 2.75) is 38.7 Å².